The Kier molecular flexibility index (Phi) is 8.50. The topological polar surface area (TPSA) is 32.3 Å². The number of anilines is 6. The maximum absolute atomic E-state index is 5.02. The van der Waals surface area contributed by atoms with Crippen LogP contribution in [-0.2, 0) is 5.41 Å². The summed E-state index contributed by atoms with van der Waals surface area (Å²) in [4.78, 5) is 14.7. The summed E-state index contributed by atoms with van der Waals surface area (Å²) < 4.78 is 2.40. The van der Waals surface area contributed by atoms with Gasteiger partial charge in [0.25, 0.3) is 0 Å². The van der Waals surface area contributed by atoms with Crippen molar-refractivity contribution in [2.75, 3.05) is 9.80 Å². The Labute approximate surface area is 352 Å². The Morgan fingerprint density at radius 3 is 1.53 bits per heavy atom. The number of thiazole rings is 2. The van der Waals surface area contributed by atoms with E-state index in [2.05, 4.69) is 212 Å². The second-order valence-corrected chi connectivity index (χ2v) is 17.6. The number of nitrogens with zero attached hydrogens (tertiary/aromatic N) is 4. The summed E-state index contributed by atoms with van der Waals surface area (Å²) >= 11 is 3.48. The van der Waals surface area contributed by atoms with E-state index in [1.807, 2.05) is 6.07 Å². The van der Waals surface area contributed by atoms with Crippen molar-refractivity contribution in [2.24, 2.45) is 0 Å². The van der Waals surface area contributed by atoms with Gasteiger partial charge in [-0.25, -0.2) is 9.97 Å². The number of hydrogen-bond acceptors (Lipinski definition) is 6. The first-order valence-corrected chi connectivity index (χ1v) is 21.5. The van der Waals surface area contributed by atoms with E-state index in [-0.39, 0.29) is 5.41 Å². The molecule has 0 aliphatic carbocycles. The summed E-state index contributed by atoms with van der Waals surface area (Å²) in [6, 6.07) is 69.7. The van der Waals surface area contributed by atoms with Crippen LogP contribution in [0.2, 0.25) is 0 Å². The predicted molar refractivity (Wildman–Crippen MR) is 251 cm³/mol. The van der Waals surface area contributed by atoms with Gasteiger partial charge >= 0.3 is 0 Å². The van der Waals surface area contributed by atoms with Crippen LogP contribution >= 0.6 is 22.7 Å². The number of para-hydroxylation sites is 3. The smallest absolute Gasteiger partial charge is 0.124 e. The Morgan fingerprint density at radius 2 is 0.898 bits per heavy atom. The zero-order valence-electron chi connectivity index (χ0n) is 32.6. The second-order valence-electron chi connectivity index (χ2n) is 15.5. The number of rotatable bonds is 7. The zero-order valence-corrected chi connectivity index (χ0v) is 34.2. The molecule has 2 aromatic heterocycles. The van der Waals surface area contributed by atoms with Crippen molar-refractivity contribution in [3.8, 4) is 32.3 Å². The second kappa shape index (κ2) is 14.2. The Hall–Kier alpha value is -6.86. The van der Waals surface area contributed by atoms with Crippen LogP contribution in [0.5, 0.6) is 0 Å². The number of aromatic nitrogens is 2. The van der Waals surface area contributed by atoms with Crippen molar-refractivity contribution in [1.29, 1.82) is 0 Å². The van der Waals surface area contributed by atoms with Crippen LogP contribution in [0.15, 0.2) is 194 Å². The van der Waals surface area contributed by atoms with Gasteiger partial charge in [0.1, 0.15) is 10.0 Å². The molecular weight excluding hydrogens is 757 g/mol. The normalized spacial score (nSPS) is 13.0. The number of fused-ring (bicyclic) bond motifs is 4. The van der Waals surface area contributed by atoms with E-state index in [9.17, 15) is 0 Å². The van der Waals surface area contributed by atoms with Crippen molar-refractivity contribution in [1.82, 2.24) is 9.97 Å². The molecule has 0 fully saturated rings. The molecule has 59 heavy (non-hydrogen) atoms. The van der Waals surface area contributed by atoms with E-state index in [0.29, 0.717) is 0 Å². The molecule has 0 unspecified atom stereocenters. The summed E-state index contributed by atoms with van der Waals surface area (Å²) in [5.74, 6) is 0. The minimum atomic E-state index is -0.213. The molecule has 0 radical (unpaired) electrons. The van der Waals surface area contributed by atoms with Gasteiger partial charge in [0.2, 0.25) is 0 Å². The van der Waals surface area contributed by atoms with Crippen LogP contribution in [0, 0.1) is 0 Å². The van der Waals surface area contributed by atoms with Gasteiger partial charge in [0, 0.05) is 39.3 Å². The first-order chi connectivity index (χ1) is 29.0. The van der Waals surface area contributed by atoms with Gasteiger partial charge in [-0.05, 0) is 131 Å². The highest BCUT2D eigenvalue weighted by molar-refractivity contribution is 7.22. The van der Waals surface area contributed by atoms with E-state index in [1.165, 1.54) is 43.0 Å². The first kappa shape index (κ1) is 35.3. The molecule has 6 heteroatoms. The molecular formula is C53H38N4S2. The third-order valence-electron chi connectivity index (χ3n) is 11.5. The molecule has 0 saturated carbocycles. The minimum Gasteiger partial charge on any atom is -0.311 e. The van der Waals surface area contributed by atoms with Crippen LogP contribution in [-0.4, -0.2) is 9.97 Å². The third kappa shape index (κ3) is 6.20. The Bertz CT molecular complexity index is 3060. The molecule has 0 saturated heterocycles. The number of hydrogen-bond donors (Lipinski definition) is 0. The summed E-state index contributed by atoms with van der Waals surface area (Å²) in [6.45, 7) is 4.69. The summed E-state index contributed by atoms with van der Waals surface area (Å²) in [5.41, 5.74) is 15.8. The molecule has 0 bridgehead atoms. The molecule has 1 aliphatic heterocycles. The fourth-order valence-electron chi connectivity index (χ4n) is 8.49. The van der Waals surface area contributed by atoms with Crippen LogP contribution < -0.4 is 9.80 Å². The number of benzene rings is 8. The lowest BCUT2D eigenvalue weighted by molar-refractivity contribution is 0.632. The molecule has 0 spiro atoms. The Morgan fingerprint density at radius 1 is 0.424 bits per heavy atom. The van der Waals surface area contributed by atoms with E-state index >= 15 is 0 Å². The minimum absolute atomic E-state index is 0.213. The fourth-order valence-corrected chi connectivity index (χ4v) is 10.4. The SMILES string of the molecule is CC1(C)c2ccccc2N(c2ccc(N(c3ccc(-c4ccccc4)cc3)c3ccc(-c4nc5ccccc5s4)cc3)cc2)c2ccc(-c3nc4ccccc4s3)cc21. The lowest BCUT2D eigenvalue weighted by Gasteiger charge is -2.42. The Balaban J connectivity index is 0.990. The molecule has 3 heterocycles. The molecule has 282 valence electrons. The molecule has 4 nitrogen and oxygen atoms in total. The molecule has 11 rings (SSSR count). The highest BCUT2D eigenvalue weighted by atomic mass is 32.1. The maximum Gasteiger partial charge on any atom is 0.124 e. The van der Waals surface area contributed by atoms with E-state index < -0.39 is 0 Å². The van der Waals surface area contributed by atoms with Crippen LogP contribution in [0.1, 0.15) is 25.0 Å². The standard InChI is InChI=1S/C53H38N4S2/c1-53(2)43-14-6-9-17-47(43)57(48-33-24-38(34-44(48)53)52-55-46-16-8-11-19-50(46)59-52)42-31-29-41(30-32-42)56(39-25-20-36(21-26-39)35-12-4-3-5-13-35)40-27-22-37(23-28-40)51-54-45-15-7-10-18-49(45)58-51/h3-34H,1-2H3. The van der Waals surface area contributed by atoms with Gasteiger partial charge in [0.15, 0.2) is 0 Å². The highest BCUT2D eigenvalue weighted by Gasteiger charge is 2.37. The quantitative estimate of drug-likeness (QED) is 0.161. The lowest BCUT2D eigenvalue weighted by atomic mass is 9.73. The molecule has 0 atom stereocenters. The van der Waals surface area contributed by atoms with E-state index in [0.717, 1.165) is 54.9 Å². The fraction of sp³-hybridized carbons (Fsp3) is 0.0566. The van der Waals surface area contributed by atoms with Crippen LogP contribution in [0.3, 0.4) is 0 Å². The van der Waals surface area contributed by atoms with Gasteiger partial charge in [-0.15, -0.1) is 22.7 Å². The maximum atomic E-state index is 5.02. The van der Waals surface area contributed by atoms with Gasteiger partial charge in [-0.3, -0.25) is 0 Å². The van der Waals surface area contributed by atoms with Crippen molar-refractivity contribution in [3.05, 3.63) is 205 Å². The average molecular weight is 795 g/mol. The zero-order chi connectivity index (χ0) is 39.5. The van der Waals surface area contributed by atoms with Gasteiger partial charge < -0.3 is 9.80 Å². The van der Waals surface area contributed by atoms with Crippen molar-refractivity contribution in [3.63, 3.8) is 0 Å². The van der Waals surface area contributed by atoms with E-state index in [4.69, 9.17) is 9.97 Å². The summed E-state index contributed by atoms with van der Waals surface area (Å²) in [5, 5.41) is 2.07. The van der Waals surface area contributed by atoms with E-state index in [1.54, 1.807) is 22.7 Å². The van der Waals surface area contributed by atoms with Gasteiger partial charge in [-0.2, -0.15) is 0 Å². The van der Waals surface area contributed by atoms with Crippen LogP contribution in [0.4, 0.5) is 34.1 Å². The first-order valence-electron chi connectivity index (χ1n) is 19.9. The predicted octanol–water partition coefficient (Wildman–Crippen LogP) is 15.5. The molecule has 0 N–H and O–H groups in total. The molecule has 0 amide bonds. The average Bonchev–Trinajstić information content (AvgIpc) is 3.93. The molecule has 1 aliphatic rings. The highest BCUT2D eigenvalue weighted by Crippen LogP contribution is 2.53. The monoisotopic (exact) mass is 794 g/mol. The van der Waals surface area contributed by atoms with Gasteiger partial charge in [-0.1, -0.05) is 98.8 Å². The lowest BCUT2D eigenvalue weighted by Crippen LogP contribution is -2.30. The van der Waals surface area contributed by atoms with Crippen molar-refractivity contribution in [2.45, 2.75) is 19.3 Å². The van der Waals surface area contributed by atoms with Gasteiger partial charge in [0.05, 0.1) is 31.8 Å². The van der Waals surface area contributed by atoms with Crippen molar-refractivity contribution < 1.29 is 0 Å². The summed E-state index contributed by atoms with van der Waals surface area (Å²) in [7, 11) is 0. The van der Waals surface area contributed by atoms with Crippen LogP contribution in [0.25, 0.3) is 52.7 Å². The molecule has 10 aromatic rings. The molecule has 8 aromatic carbocycles. The third-order valence-corrected chi connectivity index (χ3v) is 13.7. The summed E-state index contributed by atoms with van der Waals surface area (Å²) in [6.07, 6.45) is 0. The largest absolute Gasteiger partial charge is 0.311 e. The van der Waals surface area contributed by atoms with Crippen molar-refractivity contribution >= 4 is 77.2 Å².